The molecule has 1 aromatic carbocycles. The molecule has 2 bridgehead atoms. The highest BCUT2D eigenvalue weighted by atomic mass is 35.5. The number of nitrogens with zero attached hydrogens (tertiary/aromatic N) is 3. The van der Waals surface area contributed by atoms with E-state index in [9.17, 15) is 0 Å². The lowest BCUT2D eigenvalue weighted by Crippen LogP contribution is -2.49. The van der Waals surface area contributed by atoms with E-state index in [-0.39, 0.29) is 17.1 Å². The van der Waals surface area contributed by atoms with Gasteiger partial charge in [0.05, 0.1) is 47.6 Å². The fraction of sp³-hybridized carbons (Fsp3) is 0.485. The Morgan fingerprint density at radius 2 is 1.72 bits per heavy atom. The molecule has 224 valence electrons. The predicted octanol–water partition coefficient (Wildman–Crippen LogP) is 7.94. The van der Waals surface area contributed by atoms with E-state index in [2.05, 4.69) is 21.2 Å². The van der Waals surface area contributed by atoms with Crippen LogP contribution >= 0.6 is 23.2 Å². The van der Waals surface area contributed by atoms with Gasteiger partial charge in [0, 0.05) is 46.4 Å². The standard InChI is InChI=1S/C33H33Cl2N3O5/c34-25-14-36-15-26(35)29(25)30-24(31(43-38-30)20-1-2-20)18-41-33-9-6-32(7-10-33,8-11-33)19-40-21-3-4-27-23(13-21)28(5-12-37-27)42-22-16-39-17-22/h3-5,12-15,20,22H,1-2,6-11,16-19H2. The molecule has 0 atom stereocenters. The molecular formula is C33H33Cl2N3O5. The van der Waals surface area contributed by atoms with E-state index in [1.165, 1.54) is 0 Å². The summed E-state index contributed by atoms with van der Waals surface area (Å²) < 4.78 is 30.5. The van der Waals surface area contributed by atoms with Crippen LogP contribution in [0.5, 0.6) is 11.5 Å². The maximum Gasteiger partial charge on any atom is 0.145 e. The van der Waals surface area contributed by atoms with Crippen molar-refractivity contribution in [3.63, 3.8) is 0 Å². The zero-order valence-corrected chi connectivity index (χ0v) is 25.3. The average molecular weight is 623 g/mol. The number of hydrogen-bond donors (Lipinski definition) is 0. The van der Waals surface area contributed by atoms with Crippen molar-refractivity contribution in [2.45, 2.75) is 75.6 Å². The first-order valence-corrected chi connectivity index (χ1v) is 15.9. The van der Waals surface area contributed by atoms with Crippen molar-refractivity contribution < 1.29 is 23.5 Å². The minimum Gasteiger partial charge on any atom is -0.493 e. The molecule has 4 aliphatic carbocycles. The van der Waals surface area contributed by atoms with Crippen LogP contribution in [0.25, 0.3) is 22.2 Å². The number of ether oxygens (including phenoxy) is 4. The van der Waals surface area contributed by atoms with Crippen molar-refractivity contribution in [2.24, 2.45) is 5.41 Å². The Morgan fingerprint density at radius 3 is 2.42 bits per heavy atom. The second kappa shape index (κ2) is 10.9. The van der Waals surface area contributed by atoms with Crippen molar-refractivity contribution in [1.82, 2.24) is 15.1 Å². The molecule has 4 heterocycles. The molecule has 0 N–H and O–H groups in total. The van der Waals surface area contributed by atoms with Gasteiger partial charge in [0.2, 0.25) is 0 Å². The second-order valence-electron chi connectivity index (χ2n) is 12.7. The Balaban J connectivity index is 0.939. The van der Waals surface area contributed by atoms with Gasteiger partial charge in [0.1, 0.15) is 29.1 Å². The van der Waals surface area contributed by atoms with E-state index in [0.717, 1.165) is 85.1 Å². The topological polar surface area (TPSA) is 88.7 Å². The highest BCUT2D eigenvalue weighted by Crippen LogP contribution is 2.55. The molecule has 1 saturated heterocycles. The lowest BCUT2D eigenvalue weighted by atomic mass is 9.59. The van der Waals surface area contributed by atoms with Crippen LogP contribution in [0.2, 0.25) is 10.0 Å². The Morgan fingerprint density at radius 1 is 0.953 bits per heavy atom. The highest BCUT2D eigenvalue weighted by Gasteiger charge is 2.50. The zero-order valence-electron chi connectivity index (χ0n) is 23.8. The van der Waals surface area contributed by atoms with E-state index in [0.29, 0.717) is 53.6 Å². The zero-order chi connectivity index (χ0) is 29.0. The van der Waals surface area contributed by atoms with Gasteiger partial charge in [-0.15, -0.1) is 0 Å². The van der Waals surface area contributed by atoms with Crippen molar-refractivity contribution in [1.29, 1.82) is 0 Å². The summed E-state index contributed by atoms with van der Waals surface area (Å²) in [6.45, 7) is 2.39. The third-order valence-electron chi connectivity index (χ3n) is 9.83. The van der Waals surface area contributed by atoms with Crippen molar-refractivity contribution in [3.8, 4) is 22.8 Å². The average Bonchev–Trinajstić information content (AvgIpc) is 3.77. The summed E-state index contributed by atoms with van der Waals surface area (Å²) in [4.78, 5) is 8.61. The van der Waals surface area contributed by atoms with Gasteiger partial charge in [-0.05, 0) is 75.6 Å². The van der Waals surface area contributed by atoms with Gasteiger partial charge in [-0.1, -0.05) is 28.4 Å². The number of rotatable bonds is 10. The van der Waals surface area contributed by atoms with Crippen molar-refractivity contribution >= 4 is 34.1 Å². The van der Waals surface area contributed by atoms with Gasteiger partial charge in [-0.25, -0.2) is 0 Å². The van der Waals surface area contributed by atoms with Crippen LogP contribution < -0.4 is 9.47 Å². The summed E-state index contributed by atoms with van der Waals surface area (Å²) in [5.74, 6) is 2.97. The van der Waals surface area contributed by atoms with E-state index >= 15 is 0 Å². The molecule has 8 nitrogen and oxygen atoms in total. The molecule has 10 heteroatoms. The van der Waals surface area contributed by atoms with E-state index in [4.69, 9.17) is 46.7 Å². The normalized spacial score (nSPS) is 25.2. The summed E-state index contributed by atoms with van der Waals surface area (Å²) in [5, 5.41) is 6.31. The second-order valence-corrected chi connectivity index (χ2v) is 13.5. The van der Waals surface area contributed by atoms with Crippen LogP contribution in [0, 0.1) is 5.41 Å². The van der Waals surface area contributed by atoms with Gasteiger partial charge < -0.3 is 23.5 Å². The van der Waals surface area contributed by atoms with Crippen molar-refractivity contribution in [3.05, 3.63) is 64.2 Å². The minimum atomic E-state index is -0.144. The summed E-state index contributed by atoms with van der Waals surface area (Å²) in [5.41, 5.74) is 3.22. The molecule has 4 saturated carbocycles. The molecule has 0 unspecified atom stereocenters. The smallest absolute Gasteiger partial charge is 0.145 e. The van der Waals surface area contributed by atoms with Crippen LogP contribution in [0.15, 0.2) is 47.4 Å². The third kappa shape index (κ3) is 5.26. The molecule has 0 amide bonds. The fourth-order valence-electron chi connectivity index (χ4n) is 6.84. The lowest BCUT2D eigenvalue weighted by Gasteiger charge is -2.52. The minimum absolute atomic E-state index is 0.101. The van der Waals surface area contributed by atoms with Gasteiger partial charge in [-0.2, -0.15) is 0 Å². The Bertz CT molecular complexity index is 1620. The van der Waals surface area contributed by atoms with Crippen LogP contribution in [0.4, 0.5) is 0 Å². The van der Waals surface area contributed by atoms with Crippen LogP contribution in [0.3, 0.4) is 0 Å². The third-order valence-corrected chi connectivity index (χ3v) is 10.4. The number of halogens is 2. The molecule has 4 aromatic rings. The van der Waals surface area contributed by atoms with Gasteiger partial charge in [0.25, 0.3) is 0 Å². The number of pyridine rings is 2. The fourth-order valence-corrected chi connectivity index (χ4v) is 7.38. The van der Waals surface area contributed by atoms with Crippen LogP contribution in [-0.4, -0.2) is 46.7 Å². The summed E-state index contributed by atoms with van der Waals surface area (Å²) in [6.07, 6.45) is 13.5. The maximum absolute atomic E-state index is 6.80. The first-order valence-electron chi connectivity index (χ1n) is 15.2. The lowest BCUT2D eigenvalue weighted by molar-refractivity contribution is -0.150. The summed E-state index contributed by atoms with van der Waals surface area (Å²) in [6, 6.07) is 7.99. The Labute approximate surface area is 260 Å². The molecule has 5 aliphatic rings. The summed E-state index contributed by atoms with van der Waals surface area (Å²) in [7, 11) is 0. The first-order chi connectivity index (χ1) is 21.0. The molecule has 43 heavy (non-hydrogen) atoms. The van der Waals surface area contributed by atoms with E-state index < -0.39 is 0 Å². The van der Waals surface area contributed by atoms with E-state index in [1.54, 1.807) is 18.6 Å². The molecule has 5 fully saturated rings. The van der Waals surface area contributed by atoms with Gasteiger partial charge in [0.15, 0.2) is 0 Å². The molecule has 1 aliphatic heterocycles. The number of hydrogen-bond acceptors (Lipinski definition) is 8. The molecular weight excluding hydrogens is 589 g/mol. The predicted molar refractivity (Wildman–Crippen MR) is 162 cm³/mol. The summed E-state index contributed by atoms with van der Waals surface area (Å²) >= 11 is 13.0. The number of benzene rings is 1. The van der Waals surface area contributed by atoms with E-state index in [1.807, 2.05) is 18.2 Å². The van der Waals surface area contributed by atoms with Crippen LogP contribution in [-0.2, 0) is 16.1 Å². The maximum atomic E-state index is 6.80. The SMILES string of the molecule is Clc1cncc(Cl)c1-c1noc(C2CC2)c1COC12CCC(COc3ccc4nccc(OC5COC5)c4c3)(CC1)CC2. The van der Waals surface area contributed by atoms with Crippen LogP contribution in [0.1, 0.15) is 68.6 Å². The van der Waals surface area contributed by atoms with Gasteiger partial charge >= 0.3 is 0 Å². The Hall–Kier alpha value is -2.91. The first kappa shape index (κ1) is 27.6. The molecule has 0 spiro atoms. The molecule has 9 rings (SSSR count). The Kier molecular flexibility index (Phi) is 7.01. The quantitative estimate of drug-likeness (QED) is 0.176. The monoisotopic (exact) mass is 621 g/mol. The largest absolute Gasteiger partial charge is 0.493 e. The molecule has 0 radical (unpaired) electrons. The molecule has 3 aromatic heterocycles. The van der Waals surface area contributed by atoms with Crippen molar-refractivity contribution in [2.75, 3.05) is 19.8 Å². The number of aromatic nitrogens is 3. The van der Waals surface area contributed by atoms with Gasteiger partial charge in [-0.3, -0.25) is 9.97 Å². The number of fused-ring (bicyclic) bond motifs is 4. The highest BCUT2D eigenvalue weighted by molar-refractivity contribution is 6.38.